The van der Waals surface area contributed by atoms with Gasteiger partial charge >= 0.3 is 0 Å². The summed E-state index contributed by atoms with van der Waals surface area (Å²) >= 11 is 0. The van der Waals surface area contributed by atoms with Gasteiger partial charge in [-0.25, -0.2) is 0 Å². The summed E-state index contributed by atoms with van der Waals surface area (Å²) in [6, 6.07) is 0. The minimum absolute atomic E-state index is 0.0278. The molecule has 0 aromatic carbocycles. The molecule has 6 heteroatoms. The highest BCUT2D eigenvalue weighted by Gasteiger charge is 2.40. The van der Waals surface area contributed by atoms with E-state index in [1.807, 2.05) is 0 Å². The maximum atomic E-state index is 8.09. The molecule has 0 aromatic rings. The molecule has 22 heavy (non-hydrogen) atoms. The summed E-state index contributed by atoms with van der Waals surface area (Å²) in [5.41, 5.74) is 0.638. The van der Waals surface area contributed by atoms with Crippen molar-refractivity contribution in [1.29, 1.82) is 0 Å². The first-order valence-electron chi connectivity index (χ1n) is 8.18. The van der Waals surface area contributed by atoms with E-state index in [4.69, 9.17) is 24.4 Å². The van der Waals surface area contributed by atoms with E-state index in [1.165, 1.54) is 0 Å². The fraction of sp³-hybridized carbons (Fsp3) is 1.00. The predicted octanol–water partition coefficient (Wildman–Crippen LogP) is 0.844. The zero-order chi connectivity index (χ0) is 16.3. The van der Waals surface area contributed by atoms with Crippen LogP contribution in [0.3, 0.4) is 0 Å². The van der Waals surface area contributed by atoms with E-state index in [0.717, 1.165) is 52.5 Å². The Morgan fingerprint density at radius 3 is 1.41 bits per heavy atom. The molecule has 2 fully saturated rings. The minimum atomic E-state index is 0.0278. The largest absolute Gasteiger partial charge is 0.394 e. The van der Waals surface area contributed by atoms with Crippen molar-refractivity contribution in [2.45, 2.75) is 26.7 Å². The van der Waals surface area contributed by atoms with Gasteiger partial charge in [0, 0.05) is 10.8 Å². The van der Waals surface area contributed by atoms with E-state index in [1.54, 1.807) is 0 Å². The standard InChI is InChI=1S/C12H22O3.C4H10O3/c1-3-11(5-13-6-11)9-15-10-12(4-2)7-14-8-12;5-1-3-7-4-2-6/h3-10H2,1-2H3;5-6H,1-4H2. The Kier molecular flexibility index (Phi) is 9.47. The first kappa shape index (κ1) is 19.8. The molecule has 0 radical (unpaired) electrons. The van der Waals surface area contributed by atoms with Crippen LogP contribution in [0, 0.1) is 10.8 Å². The fourth-order valence-electron chi connectivity index (χ4n) is 2.28. The Morgan fingerprint density at radius 1 is 0.773 bits per heavy atom. The van der Waals surface area contributed by atoms with Crippen molar-refractivity contribution >= 4 is 0 Å². The normalized spacial score (nSPS) is 21.3. The zero-order valence-corrected chi connectivity index (χ0v) is 14.0. The fourth-order valence-corrected chi connectivity index (χ4v) is 2.28. The van der Waals surface area contributed by atoms with Crippen LogP contribution in [0.25, 0.3) is 0 Å². The summed E-state index contributed by atoms with van der Waals surface area (Å²) in [7, 11) is 0. The molecule has 132 valence electrons. The van der Waals surface area contributed by atoms with Gasteiger partial charge < -0.3 is 29.2 Å². The van der Waals surface area contributed by atoms with Crippen molar-refractivity contribution in [2.75, 3.05) is 66.1 Å². The van der Waals surface area contributed by atoms with Gasteiger partial charge in [0.05, 0.1) is 66.1 Å². The van der Waals surface area contributed by atoms with Crippen LogP contribution in [0.4, 0.5) is 0 Å². The third kappa shape index (κ3) is 6.10. The first-order chi connectivity index (χ1) is 10.7. The van der Waals surface area contributed by atoms with Crippen LogP contribution in [0.2, 0.25) is 0 Å². The van der Waals surface area contributed by atoms with Crippen LogP contribution in [-0.2, 0) is 18.9 Å². The zero-order valence-electron chi connectivity index (χ0n) is 14.0. The second kappa shape index (κ2) is 10.5. The van der Waals surface area contributed by atoms with E-state index in [2.05, 4.69) is 18.6 Å². The molecule has 0 aliphatic carbocycles. The molecule has 0 unspecified atom stereocenters. The molecule has 0 saturated carbocycles. The van der Waals surface area contributed by atoms with Gasteiger partial charge in [-0.2, -0.15) is 0 Å². The van der Waals surface area contributed by atoms with Crippen molar-refractivity contribution in [3.8, 4) is 0 Å². The predicted molar refractivity (Wildman–Crippen MR) is 82.9 cm³/mol. The molecule has 0 aromatic heterocycles. The Labute approximate surface area is 133 Å². The number of ether oxygens (including phenoxy) is 4. The monoisotopic (exact) mass is 320 g/mol. The van der Waals surface area contributed by atoms with Gasteiger partial charge in [0.25, 0.3) is 0 Å². The number of hydrogen-bond acceptors (Lipinski definition) is 6. The number of aliphatic hydroxyl groups is 2. The Morgan fingerprint density at radius 2 is 1.18 bits per heavy atom. The highest BCUT2D eigenvalue weighted by atomic mass is 16.5. The summed E-state index contributed by atoms with van der Waals surface area (Å²) in [6.07, 6.45) is 2.31. The molecular formula is C16H32O6. The van der Waals surface area contributed by atoms with Gasteiger partial charge in [0.2, 0.25) is 0 Å². The lowest BCUT2D eigenvalue weighted by molar-refractivity contribution is -0.187. The van der Waals surface area contributed by atoms with Gasteiger partial charge in [0.15, 0.2) is 0 Å². The summed E-state index contributed by atoms with van der Waals surface area (Å²) in [4.78, 5) is 0. The molecule has 2 rings (SSSR count). The summed E-state index contributed by atoms with van der Waals surface area (Å²) < 4.78 is 21.0. The van der Waals surface area contributed by atoms with Crippen LogP contribution >= 0.6 is 0 Å². The summed E-state index contributed by atoms with van der Waals surface area (Å²) in [6.45, 7) is 10.3. The molecule has 0 spiro atoms. The topological polar surface area (TPSA) is 77.4 Å². The lowest BCUT2D eigenvalue weighted by atomic mass is 9.83. The van der Waals surface area contributed by atoms with Crippen molar-refractivity contribution in [2.24, 2.45) is 10.8 Å². The Balaban J connectivity index is 0.000000295. The maximum Gasteiger partial charge on any atom is 0.0698 e. The van der Waals surface area contributed by atoms with Crippen LogP contribution < -0.4 is 0 Å². The van der Waals surface area contributed by atoms with Crippen molar-refractivity contribution < 1.29 is 29.2 Å². The van der Waals surface area contributed by atoms with E-state index < -0.39 is 0 Å². The minimum Gasteiger partial charge on any atom is -0.394 e. The van der Waals surface area contributed by atoms with Gasteiger partial charge in [-0.05, 0) is 12.8 Å². The van der Waals surface area contributed by atoms with Crippen molar-refractivity contribution in [1.82, 2.24) is 0 Å². The summed E-state index contributed by atoms with van der Waals surface area (Å²) in [5.74, 6) is 0. The van der Waals surface area contributed by atoms with Crippen LogP contribution in [0.5, 0.6) is 0 Å². The average molecular weight is 320 g/mol. The van der Waals surface area contributed by atoms with Gasteiger partial charge in [-0.3, -0.25) is 0 Å². The SMILES string of the molecule is CCC1(COCC2(CC)COC2)COC1.OCCOCCO. The third-order valence-electron chi connectivity index (χ3n) is 4.42. The molecule has 2 saturated heterocycles. The van der Waals surface area contributed by atoms with Crippen LogP contribution in [0.15, 0.2) is 0 Å². The molecule has 0 amide bonds. The number of rotatable bonds is 10. The smallest absolute Gasteiger partial charge is 0.0698 e. The van der Waals surface area contributed by atoms with E-state index in [0.29, 0.717) is 24.0 Å². The third-order valence-corrected chi connectivity index (χ3v) is 4.42. The van der Waals surface area contributed by atoms with Gasteiger partial charge in [-0.1, -0.05) is 13.8 Å². The van der Waals surface area contributed by atoms with Crippen molar-refractivity contribution in [3.05, 3.63) is 0 Å². The lowest BCUT2D eigenvalue weighted by Crippen LogP contribution is -2.49. The molecule has 0 bridgehead atoms. The number of aliphatic hydroxyl groups excluding tert-OH is 2. The van der Waals surface area contributed by atoms with Gasteiger partial charge in [0.1, 0.15) is 0 Å². The van der Waals surface area contributed by atoms with E-state index >= 15 is 0 Å². The van der Waals surface area contributed by atoms with Crippen LogP contribution in [-0.4, -0.2) is 76.3 Å². The molecule has 2 aliphatic heterocycles. The molecule has 0 atom stereocenters. The van der Waals surface area contributed by atoms with E-state index in [-0.39, 0.29) is 13.2 Å². The Hall–Kier alpha value is -0.240. The molecule has 2 N–H and O–H groups in total. The van der Waals surface area contributed by atoms with Crippen molar-refractivity contribution in [3.63, 3.8) is 0 Å². The molecule has 6 nitrogen and oxygen atoms in total. The number of hydrogen-bond donors (Lipinski definition) is 2. The van der Waals surface area contributed by atoms with Gasteiger partial charge in [-0.15, -0.1) is 0 Å². The highest BCUT2D eigenvalue weighted by Crippen LogP contribution is 2.35. The summed E-state index contributed by atoms with van der Waals surface area (Å²) in [5, 5.41) is 16.2. The first-order valence-corrected chi connectivity index (χ1v) is 8.18. The Bertz CT molecular complexity index is 239. The molecular weight excluding hydrogens is 288 g/mol. The quantitative estimate of drug-likeness (QED) is 0.581. The molecule has 2 heterocycles. The average Bonchev–Trinajstić information content (AvgIpc) is 2.46. The second-order valence-corrected chi connectivity index (χ2v) is 6.25. The highest BCUT2D eigenvalue weighted by molar-refractivity contribution is 4.87. The van der Waals surface area contributed by atoms with Crippen LogP contribution in [0.1, 0.15) is 26.7 Å². The maximum absolute atomic E-state index is 8.09. The van der Waals surface area contributed by atoms with E-state index in [9.17, 15) is 0 Å². The molecule has 2 aliphatic rings. The lowest BCUT2D eigenvalue weighted by Gasteiger charge is -2.44. The second-order valence-electron chi connectivity index (χ2n) is 6.25.